The smallest absolute Gasteiger partial charge is 0.241 e. The highest BCUT2D eigenvalue weighted by Gasteiger charge is 2.14. The molecule has 0 aromatic heterocycles. The van der Waals surface area contributed by atoms with Crippen LogP contribution < -0.4 is 0 Å². The number of hydrogen-bond donors (Lipinski definition) is 0. The molecular formula is C6H13BrOSi. The van der Waals surface area contributed by atoms with Crippen molar-refractivity contribution < 1.29 is 4.43 Å². The van der Waals surface area contributed by atoms with Crippen molar-refractivity contribution in [2.24, 2.45) is 0 Å². The van der Waals surface area contributed by atoms with E-state index in [9.17, 15) is 0 Å². The Hall–Kier alpha value is 0.237. The van der Waals surface area contributed by atoms with Crippen LogP contribution in [-0.4, -0.2) is 8.32 Å². The summed E-state index contributed by atoms with van der Waals surface area (Å²) in [5, 5.41) is 0. The van der Waals surface area contributed by atoms with E-state index in [-0.39, 0.29) is 0 Å². The molecule has 9 heavy (non-hydrogen) atoms. The second-order valence-corrected chi connectivity index (χ2v) is 7.82. The molecule has 0 aromatic carbocycles. The van der Waals surface area contributed by atoms with Gasteiger partial charge >= 0.3 is 0 Å². The van der Waals surface area contributed by atoms with Gasteiger partial charge in [0.05, 0.1) is 5.76 Å². The third-order valence-corrected chi connectivity index (χ3v) is 2.20. The predicted octanol–water partition coefficient (Wildman–Crippen LogP) is 3.09. The van der Waals surface area contributed by atoms with E-state index in [1.807, 2.05) is 11.9 Å². The molecule has 0 aliphatic rings. The van der Waals surface area contributed by atoms with E-state index in [2.05, 4.69) is 35.6 Å². The maximum absolute atomic E-state index is 5.54. The number of allylic oxidation sites excluding steroid dienone is 1. The second-order valence-electron chi connectivity index (χ2n) is 2.93. The van der Waals surface area contributed by atoms with Crippen molar-refractivity contribution in [2.75, 3.05) is 0 Å². The predicted molar refractivity (Wildman–Crippen MR) is 47.1 cm³/mol. The molecule has 0 saturated heterocycles. The molecular weight excluding hydrogens is 196 g/mol. The van der Waals surface area contributed by atoms with Crippen molar-refractivity contribution in [3.63, 3.8) is 0 Å². The Morgan fingerprint density at radius 3 is 2.00 bits per heavy atom. The van der Waals surface area contributed by atoms with E-state index in [1.54, 1.807) is 0 Å². The third-order valence-electron chi connectivity index (χ3n) is 0.621. The molecule has 3 heteroatoms. The lowest BCUT2D eigenvalue weighted by Gasteiger charge is -2.18. The third kappa shape index (κ3) is 6.12. The summed E-state index contributed by atoms with van der Waals surface area (Å²) in [6.45, 7) is 8.43. The minimum Gasteiger partial charge on any atom is -0.547 e. The Balaban J connectivity index is 3.75. The average molecular weight is 209 g/mol. The Bertz CT molecular complexity index is 115. The highest BCUT2D eigenvalue weighted by atomic mass is 79.9. The molecule has 0 aromatic rings. The van der Waals surface area contributed by atoms with Crippen molar-refractivity contribution in [3.05, 3.63) is 10.7 Å². The van der Waals surface area contributed by atoms with Crippen molar-refractivity contribution >= 4 is 24.2 Å². The van der Waals surface area contributed by atoms with E-state index in [0.717, 1.165) is 5.76 Å². The summed E-state index contributed by atoms with van der Waals surface area (Å²) in [6, 6.07) is 0. The largest absolute Gasteiger partial charge is 0.547 e. The molecule has 0 aliphatic carbocycles. The fraction of sp³-hybridized carbons (Fsp3) is 0.667. The summed E-state index contributed by atoms with van der Waals surface area (Å²) in [6.07, 6.45) is 0. The van der Waals surface area contributed by atoms with Gasteiger partial charge in [-0.05, 0) is 26.6 Å². The van der Waals surface area contributed by atoms with E-state index < -0.39 is 8.32 Å². The van der Waals surface area contributed by atoms with Gasteiger partial charge in [0.2, 0.25) is 8.32 Å². The van der Waals surface area contributed by atoms with Crippen LogP contribution in [0.2, 0.25) is 19.6 Å². The zero-order chi connectivity index (χ0) is 7.49. The van der Waals surface area contributed by atoms with Gasteiger partial charge in [-0.2, -0.15) is 0 Å². The van der Waals surface area contributed by atoms with Crippen LogP contribution in [0.15, 0.2) is 10.7 Å². The minimum absolute atomic E-state index is 0.967. The molecule has 0 bridgehead atoms. The van der Waals surface area contributed by atoms with Crippen LogP contribution in [0.1, 0.15) is 6.92 Å². The van der Waals surface area contributed by atoms with Crippen molar-refractivity contribution in [2.45, 2.75) is 26.6 Å². The first kappa shape index (κ1) is 9.24. The van der Waals surface area contributed by atoms with Crippen LogP contribution in [0.4, 0.5) is 0 Å². The van der Waals surface area contributed by atoms with Gasteiger partial charge in [-0.25, -0.2) is 0 Å². The molecule has 1 nitrogen and oxygen atoms in total. The highest BCUT2D eigenvalue weighted by Crippen LogP contribution is 2.10. The molecule has 0 fully saturated rings. The standard InChI is InChI=1S/C6H13BrOSi/c1-6(5-7)8-9(2,3)4/h5H,1-4H3. The molecule has 0 saturated carbocycles. The van der Waals surface area contributed by atoms with Crippen molar-refractivity contribution in [3.8, 4) is 0 Å². The zero-order valence-electron chi connectivity index (χ0n) is 6.36. The zero-order valence-corrected chi connectivity index (χ0v) is 8.95. The van der Waals surface area contributed by atoms with Crippen molar-refractivity contribution in [1.82, 2.24) is 0 Å². The van der Waals surface area contributed by atoms with Crippen LogP contribution in [-0.2, 0) is 4.43 Å². The molecule has 0 rings (SSSR count). The highest BCUT2D eigenvalue weighted by molar-refractivity contribution is 9.11. The Labute approximate surface area is 66.4 Å². The first-order valence-corrected chi connectivity index (χ1v) is 7.24. The van der Waals surface area contributed by atoms with Gasteiger partial charge in [0, 0.05) is 4.99 Å². The number of hydrogen-bond acceptors (Lipinski definition) is 1. The SMILES string of the molecule is CC(=CBr)O[Si](C)(C)C. The molecule has 54 valence electrons. The van der Waals surface area contributed by atoms with Gasteiger partial charge in [0.15, 0.2) is 0 Å². The quantitative estimate of drug-likeness (QED) is 0.501. The molecule has 0 aliphatic heterocycles. The summed E-state index contributed by atoms with van der Waals surface area (Å²) in [4.78, 5) is 1.81. The van der Waals surface area contributed by atoms with Gasteiger partial charge in [-0.1, -0.05) is 15.9 Å². The lowest BCUT2D eigenvalue weighted by molar-refractivity contribution is 0.426. The first-order valence-electron chi connectivity index (χ1n) is 2.92. The lowest BCUT2D eigenvalue weighted by Crippen LogP contribution is -2.23. The van der Waals surface area contributed by atoms with Crippen LogP contribution in [0.5, 0.6) is 0 Å². The molecule has 0 amide bonds. The van der Waals surface area contributed by atoms with E-state index in [4.69, 9.17) is 4.43 Å². The van der Waals surface area contributed by atoms with Gasteiger partial charge in [-0.15, -0.1) is 0 Å². The summed E-state index contributed by atoms with van der Waals surface area (Å²) < 4.78 is 5.54. The molecule has 0 spiro atoms. The monoisotopic (exact) mass is 208 g/mol. The topological polar surface area (TPSA) is 9.23 Å². The second kappa shape index (κ2) is 3.42. The van der Waals surface area contributed by atoms with E-state index in [1.165, 1.54) is 0 Å². The van der Waals surface area contributed by atoms with Crippen molar-refractivity contribution in [1.29, 1.82) is 0 Å². The molecule has 0 atom stereocenters. The molecule has 0 N–H and O–H groups in total. The maximum Gasteiger partial charge on any atom is 0.241 e. The molecule has 0 heterocycles. The Morgan fingerprint density at radius 2 is 1.89 bits per heavy atom. The fourth-order valence-electron chi connectivity index (χ4n) is 0.505. The van der Waals surface area contributed by atoms with E-state index in [0.29, 0.717) is 0 Å². The van der Waals surface area contributed by atoms with Crippen LogP contribution in [0.3, 0.4) is 0 Å². The minimum atomic E-state index is -1.34. The normalized spacial score (nSPS) is 13.7. The number of rotatable bonds is 2. The lowest BCUT2D eigenvalue weighted by atomic mass is 10.7. The molecule has 0 radical (unpaired) electrons. The van der Waals surface area contributed by atoms with Gasteiger partial charge in [0.25, 0.3) is 0 Å². The first-order chi connectivity index (χ1) is 3.95. The summed E-state index contributed by atoms with van der Waals surface area (Å²) >= 11 is 3.20. The van der Waals surface area contributed by atoms with Gasteiger partial charge < -0.3 is 4.43 Å². The average Bonchev–Trinajstić information content (AvgIpc) is 1.62. The van der Waals surface area contributed by atoms with Crippen LogP contribution >= 0.6 is 15.9 Å². The Kier molecular flexibility index (Phi) is 3.51. The van der Waals surface area contributed by atoms with Gasteiger partial charge in [-0.3, -0.25) is 0 Å². The van der Waals surface area contributed by atoms with Crippen LogP contribution in [0.25, 0.3) is 0 Å². The Morgan fingerprint density at radius 1 is 1.44 bits per heavy atom. The van der Waals surface area contributed by atoms with Gasteiger partial charge in [0.1, 0.15) is 0 Å². The summed E-state index contributed by atoms with van der Waals surface area (Å²) in [5.41, 5.74) is 0. The number of halogens is 1. The summed E-state index contributed by atoms with van der Waals surface area (Å²) in [7, 11) is -1.34. The summed E-state index contributed by atoms with van der Waals surface area (Å²) in [5.74, 6) is 0.967. The van der Waals surface area contributed by atoms with E-state index >= 15 is 0 Å². The molecule has 0 unspecified atom stereocenters. The van der Waals surface area contributed by atoms with Crippen LogP contribution in [0, 0.1) is 0 Å². The maximum atomic E-state index is 5.54. The fourth-order valence-corrected chi connectivity index (χ4v) is 1.80.